The van der Waals surface area contributed by atoms with Crippen molar-refractivity contribution in [2.75, 3.05) is 13.7 Å². The molecule has 0 aliphatic carbocycles. The van der Waals surface area contributed by atoms with Gasteiger partial charge in [-0.25, -0.2) is 0 Å². The summed E-state index contributed by atoms with van der Waals surface area (Å²) in [4.78, 5) is 22.6. The predicted octanol–water partition coefficient (Wildman–Crippen LogP) is 1.59. The van der Waals surface area contributed by atoms with Crippen LogP contribution in [0, 0.1) is 5.92 Å². The van der Waals surface area contributed by atoms with Crippen LogP contribution >= 0.6 is 0 Å². The largest absolute Gasteiger partial charge is 0.497 e. The van der Waals surface area contributed by atoms with Crippen molar-refractivity contribution in [3.8, 4) is 0 Å². The maximum Gasteiger partial charge on any atom is 0.308 e. The van der Waals surface area contributed by atoms with Gasteiger partial charge in [-0.1, -0.05) is 6.92 Å². The molecule has 0 aromatic carbocycles. The van der Waals surface area contributed by atoms with Crippen LogP contribution < -0.4 is 0 Å². The van der Waals surface area contributed by atoms with E-state index in [-0.39, 0.29) is 18.1 Å². The molecule has 1 N–H and O–H groups in total. The second-order valence-electron chi connectivity index (χ2n) is 4.76. The standard InChI is InChI=1S/C14H22O5/c1-3-10-9-19-12(8-13(10)16)6-4-5-11(15)7-14(17)18-2/h8,10-11,15H,3-7,9H2,1-2H3/t10-,11+/m1/s1. The lowest BCUT2D eigenvalue weighted by Gasteiger charge is -2.21. The molecular formula is C14H22O5. The first-order valence-electron chi connectivity index (χ1n) is 6.68. The van der Waals surface area contributed by atoms with Crippen molar-refractivity contribution in [1.82, 2.24) is 0 Å². The molecule has 5 heteroatoms. The summed E-state index contributed by atoms with van der Waals surface area (Å²) >= 11 is 0. The topological polar surface area (TPSA) is 72.8 Å². The van der Waals surface area contributed by atoms with E-state index >= 15 is 0 Å². The van der Waals surface area contributed by atoms with Crippen molar-refractivity contribution < 1.29 is 24.2 Å². The Labute approximate surface area is 113 Å². The average Bonchev–Trinajstić information content (AvgIpc) is 2.38. The molecule has 1 aliphatic heterocycles. The first-order chi connectivity index (χ1) is 9.06. The van der Waals surface area contributed by atoms with Gasteiger partial charge in [-0.15, -0.1) is 0 Å². The minimum Gasteiger partial charge on any atom is -0.497 e. The summed E-state index contributed by atoms with van der Waals surface area (Å²) in [5, 5.41) is 9.58. The quantitative estimate of drug-likeness (QED) is 0.711. The molecule has 0 bridgehead atoms. The van der Waals surface area contributed by atoms with Gasteiger partial charge in [0.15, 0.2) is 5.78 Å². The highest BCUT2D eigenvalue weighted by Gasteiger charge is 2.21. The molecule has 5 nitrogen and oxygen atoms in total. The van der Waals surface area contributed by atoms with Crippen molar-refractivity contribution in [1.29, 1.82) is 0 Å². The number of hydrogen-bond acceptors (Lipinski definition) is 5. The number of hydrogen-bond donors (Lipinski definition) is 1. The van der Waals surface area contributed by atoms with Gasteiger partial charge in [0, 0.05) is 12.5 Å². The van der Waals surface area contributed by atoms with Crippen LogP contribution in [0.15, 0.2) is 11.8 Å². The zero-order valence-corrected chi connectivity index (χ0v) is 11.6. The summed E-state index contributed by atoms with van der Waals surface area (Å²) in [6, 6.07) is 0. The zero-order valence-electron chi connectivity index (χ0n) is 11.6. The molecule has 0 spiro atoms. The van der Waals surface area contributed by atoms with Crippen LogP contribution in [-0.2, 0) is 19.1 Å². The number of methoxy groups -OCH3 is 1. The third kappa shape index (κ3) is 5.42. The molecule has 0 aromatic rings. The van der Waals surface area contributed by atoms with Crippen LogP contribution in [0.3, 0.4) is 0 Å². The van der Waals surface area contributed by atoms with Gasteiger partial charge in [0.2, 0.25) is 0 Å². The van der Waals surface area contributed by atoms with Crippen LogP contribution in [-0.4, -0.2) is 36.7 Å². The van der Waals surface area contributed by atoms with E-state index in [0.29, 0.717) is 31.6 Å². The van der Waals surface area contributed by atoms with E-state index in [1.54, 1.807) is 6.08 Å². The average molecular weight is 270 g/mol. The Morgan fingerprint density at radius 2 is 2.37 bits per heavy atom. The summed E-state index contributed by atoms with van der Waals surface area (Å²) in [6.45, 7) is 2.42. The third-order valence-corrected chi connectivity index (χ3v) is 3.26. The van der Waals surface area contributed by atoms with Crippen LogP contribution in [0.1, 0.15) is 39.0 Å². The van der Waals surface area contributed by atoms with Gasteiger partial charge in [0.25, 0.3) is 0 Å². The van der Waals surface area contributed by atoms with Gasteiger partial charge < -0.3 is 14.6 Å². The van der Waals surface area contributed by atoms with E-state index in [1.807, 2.05) is 6.92 Å². The van der Waals surface area contributed by atoms with Gasteiger partial charge in [0.05, 0.1) is 37.9 Å². The highest BCUT2D eigenvalue weighted by Crippen LogP contribution is 2.20. The molecule has 0 amide bonds. The molecular weight excluding hydrogens is 248 g/mol. The van der Waals surface area contributed by atoms with Crippen molar-refractivity contribution in [2.24, 2.45) is 5.92 Å². The van der Waals surface area contributed by atoms with Gasteiger partial charge in [-0.2, -0.15) is 0 Å². The lowest BCUT2D eigenvalue weighted by molar-refractivity contribution is -0.142. The molecule has 2 atom stereocenters. The number of ether oxygens (including phenoxy) is 2. The minimum atomic E-state index is -0.698. The van der Waals surface area contributed by atoms with E-state index in [0.717, 1.165) is 6.42 Å². The van der Waals surface area contributed by atoms with E-state index in [2.05, 4.69) is 4.74 Å². The Bertz CT molecular complexity index is 348. The van der Waals surface area contributed by atoms with Gasteiger partial charge in [0.1, 0.15) is 0 Å². The van der Waals surface area contributed by atoms with Crippen molar-refractivity contribution in [3.05, 3.63) is 11.8 Å². The van der Waals surface area contributed by atoms with Crippen LogP contribution in [0.25, 0.3) is 0 Å². The Hall–Kier alpha value is -1.36. The fraction of sp³-hybridized carbons (Fsp3) is 0.714. The molecule has 19 heavy (non-hydrogen) atoms. The summed E-state index contributed by atoms with van der Waals surface area (Å²) in [5.41, 5.74) is 0. The molecule has 0 saturated heterocycles. The summed E-state index contributed by atoms with van der Waals surface area (Å²) < 4.78 is 9.98. The summed E-state index contributed by atoms with van der Waals surface area (Å²) in [5.74, 6) is 0.370. The molecule has 0 saturated carbocycles. The van der Waals surface area contributed by atoms with E-state index in [1.165, 1.54) is 7.11 Å². The number of ketones is 1. The maximum absolute atomic E-state index is 11.7. The fourth-order valence-corrected chi connectivity index (χ4v) is 1.96. The number of aliphatic hydroxyl groups is 1. The molecule has 108 valence electrons. The highest BCUT2D eigenvalue weighted by molar-refractivity contribution is 5.92. The monoisotopic (exact) mass is 270 g/mol. The molecule has 1 rings (SSSR count). The van der Waals surface area contributed by atoms with Gasteiger partial charge >= 0.3 is 5.97 Å². The second-order valence-corrected chi connectivity index (χ2v) is 4.76. The number of aliphatic hydroxyl groups excluding tert-OH is 1. The van der Waals surface area contributed by atoms with Crippen LogP contribution in [0.4, 0.5) is 0 Å². The number of carbonyl (C=O) groups excluding carboxylic acids is 2. The first kappa shape index (κ1) is 15.7. The van der Waals surface area contributed by atoms with E-state index in [9.17, 15) is 14.7 Å². The smallest absolute Gasteiger partial charge is 0.308 e. The lowest BCUT2D eigenvalue weighted by atomic mass is 9.98. The number of rotatable bonds is 7. The van der Waals surface area contributed by atoms with E-state index in [4.69, 9.17) is 4.74 Å². The maximum atomic E-state index is 11.7. The van der Waals surface area contributed by atoms with Crippen molar-refractivity contribution >= 4 is 11.8 Å². The Morgan fingerprint density at radius 1 is 1.63 bits per heavy atom. The lowest BCUT2D eigenvalue weighted by Crippen LogP contribution is -2.23. The number of allylic oxidation sites excluding steroid dienone is 2. The predicted molar refractivity (Wildman–Crippen MR) is 69.3 cm³/mol. The van der Waals surface area contributed by atoms with Crippen LogP contribution in [0.2, 0.25) is 0 Å². The van der Waals surface area contributed by atoms with E-state index < -0.39 is 12.1 Å². The number of carbonyl (C=O) groups is 2. The van der Waals surface area contributed by atoms with Gasteiger partial charge in [-0.3, -0.25) is 9.59 Å². The Balaban J connectivity index is 2.26. The molecule has 0 aromatic heterocycles. The normalized spacial score (nSPS) is 20.5. The summed E-state index contributed by atoms with van der Waals surface area (Å²) in [6.07, 6.45) is 3.43. The highest BCUT2D eigenvalue weighted by atomic mass is 16.5. The Morgan fingerprint density at radius 3 is 2.95 bits per heavy atom. The third-order valence-electron chi connectivity index (χ3n) is 3.26. The molecule has 0 radical (unpaired) electrons. The first-order valence-corrected chi connectivity index (χ1v) is 6.68. The van der Waals surface area contributed by atoms with Crippen molar-refractivity contribution in [2.45, 2.75) is 45.1 Å². The summed E-state index contributed by atoms with van der Waals surface area (Å²) in [7, 11) is 1.30. The molecule has 0 fully saturated rings. The number of esters is 1. The minimum absolute atomic E-state index is 0.00719. The zero-order chi connectivity index (χ0) is 14.3. The second kappa shape index (κ2) is 7.94. The molecule has 0 unspecified atom stereocenters. The van der Waals surface area contributed by atoms with Crippen LogP contribution in [0.5, 0.6) is 0 Å². The Kier molecular flexibility index (Phi) is 6.56. The SMILES string of the molecule is CC[C@@H]1COC(CCC[C@H](O)CC(=O)OC)=CC1=O. The molecule has 1 heterocycles. The van der Waals surface area contributed by atoms with Gasteiger partial charge in [-0.05, 0) is 19.3 Å². The fourth-order valence-electron chi connectivity index (χ4n) is 1.96. The van der Waals surface area contributed by atoms with Crippen molar-refractivity contribution in [3.63, 3.8) is 0 Å². The molecule has 1 aliphatic rings.